The average Bonchev–Trinajstić information content (AvgIpc) is 2.34. The van der Waals surface area contributed by atoms with Crippen LogP contribution < -0.4 is 5.73 Å². The Bertz CT molecular complexity index is 487. The molecule has 1 heterocycles. The van der Waals surface area contributed by atoms with Gasteiger partial charge in [0, 0.05) is 6.20 Å². The van der Waals surface area contributed by atoms with Gasteiger partial charge >= 0.3 is 0 Å². The van der Waals surface area contributed by atoms with Crippen molar-refractivity contribution in [3.63, 3.8) is 0 Å². The average molecular weight is 292 g/mol. The van der Waals surface area contributed by atoms with Gasteiger partial charge in [0.2, 0.25) is 0 Å². The fourth-order valence-corrected chi connectivity index (χ4v) is 3.41. The molecule has 0 radical (unpaired) electrons. The molecule has 0 bridgehead atoms. The molecule has 2 N–H and O–H groups in total. The molecule has 2 atom stereocenters. The van der Waals surface area contributed by atoms with Crippen LogP contribution in [0.5, 0.6) is 0 Å². The van der Waals surface area contributed by atoms with Crippen molar-refractivity contribution in [3.05, 3.63) is 29.6 Å². The van der Waals surface area contributed by atoms with E-state index in [1.54, 1.807) is 6.20 Å². The highest BCUT2D eigenvalue weighted by Gasteiger charge is 2.32. The molecule has 1 fully saturated rings. The van der Waals surface area contributed by atoms with Crippen molar-refractivity contribution in [2.24, 2.45) is 17.1 Å². The molecule has 4 heteroatoms. The van der Waals surface area contributed by atoms with Crippen LogP contribution in [0.15, 0.2) is 18.3 Å². The minimum absolute atomic E-state index is 0.333. The molecule has 1 saturated carbocycles. The van der Waals surface area contributed by atoms with Crippen LogP contribution in [0.1, 0.15) is 51.3 Å². The second-order valence-electron chi connectivity index (χ2n) is 6.76. The Balaban J connectivity index is 1.95. The van der Waals surface area contributed by atoms with Crippen LogP contribution in [-0.2, 0) is 11.3 Å². The lowest BCUT2D eigenvalue weighted by Crippen LogP contribution is -2.32. The molecule has 0 saturated heterocycles. The molecule has 2 unspecified atom stereocenters. The summed E-state index contributed by atoms with van der Waals surface area (Å²) in [4.78, 5) is 4.48. The van der Waals surface area contributed by atoms with Gasteiger partial charge < -0.3 is 10.5 Å². The van der Waals surface area contributed by atoms with Gasteiger partial charge in [0.25, 0.3) is 0 Å². The molecule has 20 heavy (non-hydrogen) atoms. The predicted octanol–water partition coefficient (Wildman–Crippen LogP) is 3.45. The van der Waals surface area contributed by atoms with Crippen molar-refractivity contribution >= 4 is 17.2 Å². The standard InChI is InChI=1S/C16H24N2OS/c1-11-6-13(9-16(2,3)8-11)19-10-12-4-5-18-14(7-12)15(17)20/h4-5,7,11,13H,6,8-10H2,1-3H3,(H2,17,20). The Labute approximate surface area is 126 Å². The van der Waals surface area contributed by atoms with E-state index in [1.165, 1.54) is 6.42 Å². The third-order valence-corrected chi connectivity index (χ3v) is 4.12. The predicted molar refractivity (Wildman–Crippen MR) is 85.5 cm³/mol. The van der Waals surface area contributed by atoms with Crippen LogP contribution in [-0.4, -0.2) is 16.1 Å². The molecule has 1 aromatic heterocycles. The smallest absolute Gasteiger partial charge is 0.122 e. The summed E-state index contributed by atoms with van der Waals surface area (Å²) in [6.07, 6.45) is 5.64. The zero-order chi connectivity index (χ0) is 14.8. The fourth-order valence-electron chi connectivity index (χ4n) is 3.30. The highest BCUT2D eigenvalue weighted by molar-refractivity contribution is 7.80. The largest absolute Gasteiger partial charge is 0.388 e. The molecule has 1 aliphatic rings. The number of nitrogens with two attached hydrogens (primary N) is 1. The zero-order valence-electron chi connectivity index (χ0n) is 12.6. The first-order chi connectivity index (χ1) is 9.35. The van der Waals surface area contributed by atoms with E-state index >= 15 is 0 Å². The van der Waals surface area contributed by atoms with Gasteiger partial charge in [-0.3, -0.25) is 4.98 Å². The van der Waals surface area contributed by atoms with Gasteiger partial charge in [-0.2, -0.15) is 0 Å². The van der Waals surface area contributed by atoms with E-state index in [0.29, 0.717) is 28.8 Å². The highest BCUT2D eigenvalue weighted by atomic mass is 32.1. The molecule has 0 aliphatic heterocycles. The van der Waals surface area contributed by atoms with E-state index < -0.39 is 0 Å². The minimum Gasteiger partial charge on any atom is -0.388 e. The molecule has 3 nitrogen and oxygen atoms in total. The number of thiocarbonyl (C=S) groups is 1. The summed E-state index contributed by atoms with van der Waals surface area (Å²) in [6.45, 7) is 7.58. The molecule has 0 aromatic carbocycles. The normalized spacial score (nSPS) is 25.4. The molecule has 0 amide bonds. The van der Waals surface area contributed by atoms with Crippen LogP contribution in [0.2, 0.25) is 0 Å². The van der Waals surface area contributed by atoms with Crippen LogP contribution in [0.4, 0.5) is 0 Å². The van der Waals surface area contributed by atoms with Gasteiger partial charge in [0.15, 0.2) is 0 Å². The molecule has 0 spiro atoms. The number of rotatable bonds is 4. The Morgan fingerprint density at radius 2 is 2.25 bits per heavy atom. The Hall–Kier alpha value is -1.00. The van der Waals surface area contributed by atoms with Gasteiger partial charge in [-0.15, -0.1) is 0 Å². The van der Waals surface area contributed by atoms with Crippen LogP contribution >= 0.6 is 12.2 Å². The maximum Gasteiger partial charge on any atom is 0.122 e. The molecule has 2 rings (SSSR count). The summed E-state index contributed by atoms with van der Waals surface area (Å²) in [6, 6.07) is 3.87. The summed E-state index contributed by atoms with van der Waals surface area (Å²) in [5, 5.41) is 0. The maximum absolute atomic E-state index is 6.10. The summed E-state index contributed by atoms with van der Waals surface area (Å²) in [5.41, 5.74) is 7.73. The van der Waals surface area contributed by atoms with Crippen molar-refractivity contribution < 1.29 is 4.74 Å². The van der Waals surface area contributed by atoms with Crippen molar-refractivity contribution in [1.82, 2.24) is 4.98 Å². The lowest BCUT2D eigenvalue weighted by Gasteiger charge is -2.38. The number of aromatic nitrogens is 1. The first kappa shape index (κ1) is 15.4. The summed E-state index contributed by atoms with van der Waals surface area (Å²) < 4.78 is 6.10. The maximum atomic E-state index is 6.10. The third kappa shape index (κ3) is 4.25. The summed E-state index contributed by atoms with van der Waals surface area (Å²) in [7, 11) is 0. The monoisotopic (exact) mass is 292 g/mol. The number of nitrogens with zero attached hydrogens (tertiary/aromatic N) is 1. The highest BCUT2D eigenvalue weighted by Crippen LogP contribution is 2.39. The van der Waals surface area contributed by atoms with Crippen molar-refractivity contribution in [2.45, 2.75) is 52.7 Å². The Morgan fingerprint density at radius 3 is 2.90 bits per heavy atom. The third-order valence-electron chi connectivity index (χ3n) is 3.91. The number of hydrogen-bond acceptors (Lipinski definition) is 3. The van der Waals surface area contributed by atoms with Gasteiger partial charge in [-0.1, -0.05) is 33.0 Å². The first-order valence-electron chi connectivity index (χ1n) is 7.22. The summed E-state index contributed by atoms with van der Waals surface area (Å²) >= 11 is 4.95. The lowest BCUT2D eigenvalue weighted by atomic mass is 9.71. The molecule has 1 aromatic rings. The van der Waals surface area contributed by atoms with Crippen molar-refractivity contribution in [2.75, 3.05) is 0 Å². The number of pyridine rings is 1. The molecule has 1 aliphatic carbocycles. The summed E-state index contributed by atoms with van der Waals surface area (Å²) in [5.74, 6) is 0.730. The van der Waals surface area contributed by atoms with Crippen LogP contribution in [0.25, 0.3) is 0 Å². The SMILES string of the molecule is CC1CC(OCc2ccnc(C(N)=S)c2)CC(C)(C)C1. The minimum atomic E-state index is 0.333. The molecular weight excluding hydrogens is 268 g/mol. The van der Waals surface area contributed by atoms with Gasteiger partial charge in [0.05, 0.1) is 18.4 Å². The van der Waals surface area contributed by atoms with Crippen molar-refractivity contribution in [3.8, 4) is 0 Å². The van der Waals surface area contributed by atoms with E-state index in [1.807, 2.05) is 12.1 Å². The van der Waals surface area contributed by atoms with E-state index in [2.05, 4.69) is 25.8 Å². The topological polar surface area (TPSA) is 48.1 Å². The molecule has 110 valence electrons. The Kier molecular flexibility index (Phi) is 4.76. The fraction of sp³-hybridized carbons (Fsp3) is 0.625. The quantitative estimate of drug-likeness (QED) is 0.864. The van der Waals surface area contributed by atoms with Crippen LogP contribution in [0.3, 0.4) is 0 Å². The van der Waals surface area contributed by atoms with Gasteiger partial charge in [-0.25, -0.2) is 0 Å². The van der Waals surface area contributed by atoms with E-state index in [0.717, 1.165) is 24.3 Å². The van der Waals surface area contributed by atoms with Crippen molar-refractivity contribution in [1.29, 1.82) is 0 Å². The number of ether oxygens (including phenoxy) is 1. The van der Waals surface area contributed by atoms with E-state index in [-0.39, 0.29) is 0 Å². The van der Waals surface area contributed by atoms with Gasteiger partial charge in [-0.05, 0) is 48.3 Å². The zero-order valence-corrected chi connectivity index (χ0v) is 13.4. The lowest BCUT2D eigenvalue weighted by molar-refractivity contribution is -0.0316. The van der Waals surface area contributed by atoms with Crippen LogP contribution in [0, 0.1) is 11.3 Å². The molecular formula is C16H24N2OS. The number of hydrogen-bond donors (Lipinski definition) is 1. The Morgan fingerprint density at radius 1 is 1.50 bits per heavy atom. The van der Waals surface area contributed by atoms with E-state index in [9.17, 15) is 0 Å². The second-order valence-corrected chi connectivity index (χ2v) is 7.20. The second kappa shape index (κ2) is 6.19. The van der Waals surface area contributed by atoms with Gasteiger partial charge in [0.1, 0.15) is 4.99 Å². The first-order valence-corrected chi connectivity index (χ1v) is 7.63. The van der Waals surface area contributed by atoms with E-state index in [4.69, 9.17) is 22.7 Å².